The molecule has 0 aliphatic carbocycles. The van der Waals surface area contributed by atoms with Gasteiger partial charge in [-0.1, -0.05) is 18.7 Å². The van der Waals surface area contributed by atoms with Crippen LogP contribution in [-0.2, 0) is 11.2 Å². The van der Waals surface area contributed by atoms with Crippen molar-refractivity contribution in [2.75, 3.05) is 13.7 Å². The standard InChI is InChI=1S/C11H14O2/c1-3-13-9-8-10-4-6-11(12-2)7-5-10/h3-7H,1,8-9H2,2H3. The van der Waals surface area contributed by atoms with Gasteiger partial charge in [0.15, 0.2) is 0 Å². The third-order valence-electron chi connectivity index (χ3n) is 1.79. The van der Waals surface area contributed by atoms with Crippen molar-refractivity contribution in [2.24, 2.45) is 0 Å². The molecule has 0 aromatic heterocycles. The number of rotatable bonds is 5. The van der Waals surface area contributed by atoms with Gasteiger partial charge in [0, 0.05) is 6.42 Å². The van der Waals surface area contributed by atoms with Gasteiger partial charge in [-0.25, -0.2) is 0 Å². The number of methoxy groups -OCH3 is 1. The number of benzene rings is 1. The maximum atomic E-state index is 5.05. The van der Waals surface area contributed by atoms with E-state index in [9.17, 15) is 0 Å². The molecule has 0 saturated heterocycles. The normalized spacial score (nSPS) is 9.31. The fourth-order valence-electron chi connectivity index (χ4n) is 1.05. The smallest absolute Gasteiger partial charge is 0.118 e. The van der Waals surface area contributed by atoms with E-state index in [4.69, 9.17) is 9.47 Å². The molecule has 0 N–H and O–H groups in total. The zero-order chi connectivity index (χ0) is 9.52. The van der Waals surface area contributed by atoms with Crippen molar-refractivity contribution in [3.8, 4) is 5.75 Å². The fraction of sp³-hybridized carbons (Fsp3) is 0.273. The Kier molecular flexibility index (Phi) is 3.89. The number of ether oxygens (including phenoxy) is 2. The Hall–Kier alpha value is -1.44. The third-order valence-corrected chi connectivity index (χ3v) is 1.79. The van der Waals surface area contributed by atoms with E-state index in [1.165, 1.54) is 11.8 Å². The van der Waals surface area contributed by atoms with E-state index in [2.05, 4.69) is 6.58 Å². The molecule has 0 saturated carbocycles. The van der Waals surface area contributed by atoms with Crippen molar-refractivity contribution >= 4 is 0 Å². The lowest BCUT2D eigenvalue weighted by molar-refractivity contribution is 0.255. The lowest BCUT2D eigenvalue weighted by atomic mass is 10.1. The van der Waals surface area contributed by atoms with Crippen molar-refractivity contribution in [2.45, 2.75) is 6.42 Å². The predicted octanol–water partition coefficient (Wildman–Crippen LogP) is 2.40. The second-order valence-corrected chi connectivity index (χ2v) is 2.64. The molecule has 0 radical (unpaired) electrons. The summed E-state index contributed by atoms with van der Waals surface area (Å²) in [6.07, 6.45) is 2.36. The Balaban J connectivity index is 2.44. The molecular formula is C11H14O2. The summed E-state index contributed by atoms with van der Waals surface area (Å²) in [6.45, 7) is 4.15. The van der Waals surface area contributed by atoms with Crippen LogP contribution >= 0.6 is 0 Å². The molecule has 2 heteroatoms. The van der Waals surface area contributed by atoms with Crippen LogP contribution < -0.4 is 4.74 Å². The summed E-state index contributed by atoms with van der Waals surface area (Å²) in [5.74, 6) is 0.883. The molecular weight excluding hydrogens is 164 g/mol. The SMILES string of the molecule is C=COCCc1ccc(OC)cc1. The van der Waals surface area contributed by atoms with Crippen LogP contribution in [0.4, 0.5) is 0 Å². The Labute approximate surface area is 78.8 Å². The molecule has 13 heavy (non-hydrogen) atoms. The van der Waals surface area contributed by atoms with Crippen molar-refractivity contribution in [1.29, 1.82) is 0 Å². The Morgan fingerprint density at radius 1 is 1.31 bits per heavy atom. The monoisotopic (exact) mass is 178 g/mol. The van der Waals surface area contributed by atoms with Gasteiger partial charge in [-0.3, -0.25) is 0 Å². The first-order valence-corrected chi connectivity index (χ1v) is 4.22. The van der Waals surface area contributed by atoms with Gasteiger partial charge >= 0.3 is 0 Å². The quantitative estimate of drug-likeness (QED) is 0.509. The summed E-state index contributed by atoms with van der Waals surface area (Å²) in [6, 6.07) is 7.96. The van der Waals surface area contributed by atoms with Gasteiger partial charge in [0.2, 0.25) is 0 Å². The predicted molar refractivity (Wildman–Crippen MR) is 52.8 cm³/mol. The maximum Gasteiger partial charge on any atom is 0.118 e. The van der Waals surface area contributed by atoms with Gasteiger partial charge in [0.25, 0.3) is 0 Å². The van der Waals surface area contributed by atoms with Crippen LogP contribution in [0.1, 0.15) is 5.56 Å². The molecule has 0 atom stereocenters. The van der Waals surface area contributed by atoms with Gasteiger partial charge < -0.3 is 9.47 Å². The molecule has 0 bridgehead atoms. The maximum absolute atomic E-state index is 5.05. The first-order valence-electron chi connectivity index (χ1n) is 4.22. The Bertz CT molecular complexity index is 251. The highest BCUT2D eigenvalue weighted by atomic mass is 16.5. The second-order valence-electron chi connectivity index (χ2n) is 2.64. The highest BCUT2D eigenvalue weighted by molar-refractivity contribution is 5.27. The van der Waals surface area contributed by atoms with E-state index < -0.39 is 0 Å². The summed E-state index contributed by atoms with van der Waals surface area (Å²) in [4.78, 5) is 0. The zero-order valence-corrected chi connectivity index (χ0v) is 7.82. The molecule has 0 fully saturated rings. The van der Waals surface area contributed by atoms with E-state index >= 15 is 0 Å². The van der Waals surface area contributed by atoms with Crippen LogP contribution in [0.3, 0.4) is 0 Å². The molecule has 1 rings (SSSR count). The van der Waals surface area contributed by atoms with Crippen molar-refractivity contribution in [3.63, 3.8) is 0 Å². The highest BCUT2D eigenvalue weighted by Crippen LogP contribution is 2.11. The van der Waals surface area contributed by atoms with Gasteiger partial charge in [0.05, 0.1) is 20.0 Å². The molecule has 0 spiro atoms. The molecule has 0 heterocycles. The second kappa shape index (κ2) is 5.25. The largest absolute Gasteiger partial charge is 0.501 e. The lowest BCUT2D eigenvalue weighted by Crippen LogP contribution is -1.93. The summed E-state index contributed by atoms with van der Waals surface area (Å²) >= 11 is 0. The Morgan fingerprint density at radius 3 is 2.54 bits per heavy atom. The van der Waals surface area contributed by atoms with Crippen LogP contribution in [0.2, 0.25) is 0 Å². The topological polar surface area (TPSA) is 18.5 Å². The molecule has 2 nitrogen and oxygen atoms in total. The van der Waals surface area contributed by atoms with Crippen molar-refractivity contribution in [3.05, 3.63) is 42.7 Å². The Morgan fingerprint density at radius 2 is 2.00 bits per heavy atom. The number of hydrogen-bond acceptors (Lipinski definition) is 2. The van der Waals surface area contributed by atoms with Crippen molar-refractivity contribution < 1.29 is 9.47 Å². The summed E-state index contributed by atoms with van der Waals surface area (Å²) < 4.78 is 10.1. The van der Waals surface area contributed by atoms with Crippen LogP contribution in [0.15, 0.2) is 37.1 Å². The summed E-state index contributed by atoms with van der Waals surface area (Å²) in [5.41, 5.74) is 1.24. The first-order chi connectivity index (χ1) is 6.36. The number of hydrogen-bond donors (Lipinski definition) is 0. The zero-order valence-electron chi connectivity index (χ0n) is 7.82. The van der Waals surface area contributed by atoms with Gasteiger partial charge in [-0.15, -0.1) is 0 Å². The van der Waals surface area contributed by atoms with Crippen LogP contribution in [0, 0.1) is 0 Å². The van der Waals surface area contributed by atoms with Gasteiger partial charge in [-0.2, -0.15) is 0 Å². The van der Waals surface area contributed by atoms with E-state index in [-0.39, 0.29) is 0 Å². The molecule has 1 aromatic carbocycles. The van der Waals surface area contributed by atoms with Crippen LogP contribution in [-0.4, -0.2) is 13.7 Å². The van der Waals surface area contributed by atoms with Crippen molar-refractivity contribution in [1.82, 2.24) is 0 Å². The average molecular weight is 178 g/mol. The molecule has 1 aromatic rings. The lowest BCUT2D eigenvalue weighted by Gasteiger charge is -2.02. The van der Waals surface area contributed by atoms with Gasteiger partial charge in [-0.05, 0) is 17.7 Å². The minimum Gasteiger partial charge on any atom is -0.501 e. The van der Waals surface area contributed by atoms with E-state index in [1.54, 1.807) is 7.11 Å². The summed E-state index contributed by atoms with van der Waals surface area (Å²) in [7, 11) is 1.66. The van der Waals surface area contributed by atoms with Crippen LogP contribution in [0.5, 0.6) is 5.75 Å². The van der Waals surface area contributed by atoms with E-state index in [0.29, 0.717) is 6.61 Å². The van der Waals surface area contributed by atoms with E-state index in [0.717, 1.165) is 12.2 Å². The molecule has 70 valence electrons. The van der Waals surface area contributed by atoms with Crippen LogP contribution in [0.25, 0.3) is 0 Å². The fourth-order valence-corrected chi connectivity index (χ4v) is 1.05. The first kappa shape index (κ1) is 9.65. The molecule has 0 aliphatic heterocycles. The molecule has 0 amide bonds. The minimum atomic E-state index is 0.676. The molecule has 0 unspecified atom stereocenters. The van der Waals surface area contributed by atoms with Gasteiger partial charge in [0.1, 0.15) is 5.75 Å². The third kappa shape index (κ3) is 3.20. The molecule has 0 aliphatic rings. The minimum absolute atomic E-state index is 0.676. The average Bonchev–Trinajstić information content (AvgIpc) is 2.19. The van der Waals surface area contributed by atoms with E-state index in [1.807, 2.05) is 24.3 Å². The summed E-state index contributed by atoms with van der Waals surface area (Å²) in [5, 5.41) is 0. The highest BCUT2D eigenvalue weighted by Gasteiger charge is 1.93.